The van der Waals surface area contributed by atoms with Crippen LogP contribution in [0.15, 0.2) is 59.2 Å². The van der Waals surface area contributed by atoms with Crippen molar-refractivity contribution in [2.45, 2.75) is 6.54 Å². The Morgan fingerprint density at radius 3 is 2.61 bits per heavy atom. The maximum Gasteiger partial charge on any atom is 0.144 e. The van der Waals surface area contributed by atoms with Gasteiger partial charge in [-0.1, -0.05) is 46.3 Å². The van der Waals surface area contributed by atoms with Gasteiger partial charge in [0.1, 0.15) is 12.4 Å². The number of fused-ring (bicyclic) bond motifs is 1. The molecule has 0 aliphatic carbocycles. The van der Waals surface area contributed by atoms with Crippen molar-refractivity contribution in [1.29, 1.82) is 0 Å². The highest BCUT2D eigenvalue weighted by atomic mass is 79.9. The van der Waals surface area contributed by atoms with Crippen molar-refractivity contribution in [3.8, 4) is 5.75 Å². The summed E-state index contributed by atoms with van der Waals surface area (Å²) in [5, 5.41) is 1.15. The fourth-order valence-electron chi connectivity index (χ4n) is 2.60. The van der Waals surface area contributed by atoms with Gasteiger partial charge in [-0.05, 0) is 37.9 Å². The van der Waals surface area contributed by atoms with Gasteiger partial charge in [-0.3, -0.25) is 0 Å². The van der Waals surface area contributed by atoms with Gasteiger partial charge in [-0.25, -0.2) is 0 Å². The molecule has 0 aliphatic heterocycles. The fraction of sp³-hybridized carbons (Fsp3) is 0.263. The van der Waals surface area contributed by atoms with Crippen LogP contribution in [0, 0.1) is 0 Å². The van der Waals surface area contributed by atoms with E-state index in [1.807, 2.05) is 6.07 Å². The van der Waals surface area contributed by atoms with Crippen molar-refractivity contribution >= 4 is 26.8 Å². The molecular formula is C19H21BrN2O. The highest BCUT2D eigenvalue weighted by Crippen LogP contribution is 2.31. The Morgan fingerprint density at radius 1 is 1.09 bits per heavy atom. The molecule has 23 heavy (non-hydrogen) atoms. The topological polar surface area (TPSA) is 17.4 Å². The van der Waals surface area contributed by atoms with E-state index in [1.165, 1.54) is 11.1 Å². The molecule has 4 heteroatoms. The number of rotatable bonds is 6. The van der Waals surface area contributed by atoms with Crippen molar-refractivity contribution in [2.75, 3.05) is 27.2 Å². The molecule has 0 fully saturated rings. The van der Waals surface area contributed by atoms with Crippen LogP contribution >= 0.6 is 15.9 Å². The standard InChI is InChI=1S/C19H21BrN2O/c1-21(2)10-11-23-19-14-22(13-15-6-4-3-5-7-15)18-9-8-16(20)12-17(18)19/h3-9,12,14H,10-11,13H2,1-2H3. The minimum atomic E-state index is 0.684. The molecule has 3 nitrogen and oxygen atoms in total. The molecule has 0 saturated carbocycles. The number of halogens is 1. The minimum absolute atomic E-state index is 0.684. The van der Waals surface area contributed by atoms with Gasteiger partial charge in [0.05, 0.1) is 5.52 Å². The maximum absolute atomic E-state index is 6.02. The van der Waals surface area contributed by atoms with E-state index in [0.717, 1.165) is 28.7 Å². The van der Waals surface area contributed by atoms with E-state index in [9.17, 15) is 0 Å². The van der Waals surface area contributed by atoms with Gasteiger partial charge in [0.25, 0.3) is 0 Å². The predicted octanol–water partition coefficient (Wildman–Crippen LogP) is 4.39. The lowest BCUT2D eigenvalue weighted by molar-refractivity contribution is 0.263. The molecule has 0 radical (unpaired) electrons. The fourth-order valence-corrected chi connectivity index (χ4v) is 2.96. The molecule has 0 saturated heterocycles. The van der Waals surface area contributed by atoms with Crippen LogP contribution in [-0.2, 0) is 6.54 Å². The summed E-state index contributed by atoms with van der Waals surface area (Å²) in [5.41, 5.74) is 2.48. The van der Waals surface area contributed by atoms with Crippen LogP contribution in [0.3, 0.4) is 0 Å². The number of hydrogen-bond acceptors (Lipinski definition) is 2. The molecule has 0 aliphatic rings. The summed E-state index contributed by atoms with van der Waals surface area (Å²) in [6.45, 7) is 2.43. The largest absolute Gasteiger partial charge is 0.490 e. The zero-order valence-corrected chi connectivity index (χ0v) is 15.1. The summed E-state index contributed by atoms with van der Waals surface area (Å²) in [6, 6.07) is 16.8. The molecule has 0 bridgehead atoms. The van der Waals surface area contributed by atoms with Crippen LogP contribution in [0.25, 0.3) is 10.9 Å². The zero-order chi connectivity index (χ0) is 16.2. The van der Waals surface area contributed by atoms with Crippen molar-refractivity contribution in [3.63, 3.8) is 0 Å². The van der Waals surface area contributed by atoms with Gasteiger partial charge in [-0.15, -0.1) is 0 Å². The average molecular weight is 373 g/mol. The van der Waals surface area contributed by atoms with Crippen molar-refractivity contribution in [2.24, 2.45) is 0 Å². The molecule has 0 amide bonds. The quantitative estimate of drug-likeness (QED) is 0.638. The van der Waals surface area contributed by atoms with Crippen LogP contribution < -0.4 is 4.74 Å². The Kier molecular flexibility index (Phi) is 5.03. The van der Waals surface area contributed by atoms with Crippen LogP contribution in [0.4, 0.5) is 0 Å². The monoisotopic (exact) mass is 372 g/mol. The second-order valence-electron chi connectivity index (χ2n) is 5.92. The number of hydrogen-bond donors (Lipinski definition) is 0. The summed E-state index contributed by atoms with van der Waals surface area (Å²) in [7, 11) is 4.11. The van der Waals surface area contributed by atoms with Gasteiger partial charge in [0.15, 0.2) is 0 Å². The first kappa shape index (κ1) is 16.1. The normalized spacial score (nSPS) is 11.3. The summed E-state index contributed by atoms with van der Waals surface area (Å²) in [4.78, 5) is 2.12. The van der Waals surface area contributed by atoms with Crippen LogP contribution in [0.1, 0.15) is 5.56 Å². The average Bonchev–Trinajstić information content (AvgIpc) is 2.85. The molecule has 1 heterocycles. The molecular weight excluding hydrogens is 352 g/mol. The molecule has 0 atom stereocenters. The molecule has 2 aromatic carbocycles. The Morgan fingerprint density at radius 2 is 1.87 bits per heavy atom. The lowest BCUT2D eigenvalue weighted by Crippen LogP contribution is -2.19. The maximum atomic E-state index is 6.02. The highest BCUT2D eigenvalue weighted by Gasteiger charge is 2.11. The smallest absolute Gasteiger partial charge is 0.144 e. The minimum Gasteiger partial charge on any atom is -0.490 e. The van der Waals surface area contributed by atoms with Crippen LogP contribution in [0.2, 0.25) is 0 Å². The molecule has 3 rings (SSSR count). The van der Waals surface area contributed by atoms with E-state index in [1.54, 1.807) is 0 Å². The van der Waals surface area contributed by atoms with Crippen LogP contribution in [-0.4, -0.2) is 36.7 Å². The first-order valence-corrected chi connectivity index (χ1v) is 8.52. The lowest BCUT2D eigenvalue weighted by Gasteiger charge is -2.10. The molecule has 3 aromatic rings. The second kappa shape index (κ2) is 7.20. The third kappa shape index (κ3) is 3.95. The van der Waals surface area contributed by atoms with Crippen LogP contribution in [0.5, 0.6) is 5.75 Å². The Hall–Kier alpha value is -1.78. The van der Waals surface area contributed by atoms with E-state index in [4.69, 9.17) is 4.74 Å². The molecule has 0 unspecified atom stereocenters. The predicted molar refractivity (Wildman–Crippen MR) is 99.2 cm³/mol. The Balaban J connectivity index is 1.91. The summed E-state index contributed by atoms with van der Waals surface area (Å²) in [6.07, 6.45) is 2.11. The van der Waals surface area contributed by atoms with E-state index in [2.05, 4.69) is 88.2 Å². The first-order valence-electron chi connectivity index (χ1n) is 7.73. The van der Waals surface area contributed by atoms with Gasteiger partial charge < -0.3 is 14.2 Å². The second-order valence-corrected chi connectivity index (χ2v) is 6.84. The molecule has 0 N–H and O–H groups in total. The van der Waals surface area contributed by atoms with E-state index in [-0.39, 0.29) is 0 Å². The summed E-state index contributed by atoms with van der Waals surface area (Å²) in [5.74, 6) is 0.944. The third-order valence-corrected chi connectivity index (χ3v) is 4.29. The van der Waals surface area contributed by atoms with E-state index < -0.39 is 0 Å². The first-order chi connectivity index (χ1) is 11.1. The van der Waals surface area contributed by atoms with Gasteiger partial charge in [-0.2, -0.15) is 0 Å². The molecule has 0 spiro atoms. The van der Waals surface area contributed by atoms with E-state index >= 15 is 0 Å². The zero-order valence-electron chi connectivity index (χ0n) is 13.5. The molecule has 120 valence electrons. The summed E-state index contributed by atoms with van der Waals surface area (Å²) < 4.78 is 9.34. The SMILES string of the molecule is CN(C)CCOc1cn(Cc2ccccc2)c2ccc(Br)cc12. The van der Waals surface area contributed by atoms with Crippen molar-refractivity contribution in [3.05, 3.63) is 64.8 Å². The number of aromatic nitrogens is 1. The number of ether oxygens (including phenoxy) is 1. The van der Waals surface area contributed by atoms with Gasteiger partial charge in [0, 0.05) is 29.1 Å². The molecule has 1 aromatic heterocycles. The van der Waals surface area contributed by atoms with Gasteiger partial charge >= 0.3 is 0 Å². The van der Waals surface area contributed by atoms with E-state index in [0.29, 0.717) is 6.61 Å². The Labute approximate surface area is 145 Å². The number of nitrogens with zero attached hydrogens (tertiary/aromatic N) is 2. The summed E-state index contributed by atoms with van der Waals surface area (Å²) >= 11 is 3.56. The Bertz CT molecular complexity index is 781. The lowest BCUT2D eigenvalue weighted by atomic mass is 10.2. The number of likely N-dealkylation sites (N-methyl/N-ethyl adjacent to an activating group) is 1. The van der Waals surface area contributed by atoms with Crippen molar-refractivity contribution in [1.82, 2.24) is 9.47 Å². The third-order valence-electron chi connectivity index (χ3n) is 3.80. The van der Waals surface area contributed by atoms with Gasteiger partial charge in [0.2, 0.25) is 0 Å². The number of benzene rings is 2. The highest BCUT2D eigenvalue weighted by molar-refractivity contribution is 9.10. The van der Waals surface area contributed by atoms with Crippen molar-refractivity contribution < 1.29 is 4.74 Å².